The summed E-state index contributed by atoms with van der Waals surface area (Å²) in [6, 6.07) is 4.50. The molecule has 12 heteroatoms. The molecule has 0 bridgehead atoms. The van der Waals surface area contributed by atoms with E-state index in [9.17, 15) is 49.8 Å². The number of esters is 1. The molecule has 0 aliphatic heterocycles. The molecule has 0 aliphatic carbocycles. The van der Waals surface area contributed by atoms with Gasteiger partial charge in [0.1, 0.15) is 0 Å². The van der Waals surface area contributed by atoms with Gasteiger partial charge < -0.3 is 40.5 Å². The third-order valence-electron chi connectivity index (χ3n) is 3.98. The lowest BCUT2D eigenvalue weighted by molar-refractivity contribution is -0.176. The van der Waals surface area contributed by atoms with E-state index in [-0.39, 0.29) is 0 Å². The molecule has 0 spiro atoms. The Morgan fingerprint density at radius 3 is 1.67 bits per heavy atom. The Labute approximate surface area is 166 Å². The van der Waals surface area contributed by atoms with E-state index >= 15 is 0 Å². The Balaban J connectivity index is 2.62. The molecular formula is C18H14O12. The van der Waals surface area contributed by atoms with Crippen molar-refractivity contribution in [3.63, 3.8) is 0 Å². The average Bonchev–Trinajstić information content (AvgIpc) is 2.68. The summed E-state index contributed by atoms with van der Waals surface area (Å²) in [6.07, 6.45) is -3.09. The standard InChI is InChI=1S/C18H14O12/c19-9-3-1-7(5-11(9)21)13(23)18(17(28)29,14(24)15(25)26)30-16(27)8-2-4-10(20)12(22)6-8/h1-6,14,19-22,24H,(H,25,26)(H,28,29)/t14-,18+/m0/s1. The van der Waals surface area contributed by atoms with Gasteiger partial charge in [-0.25, -0.2) is 14.4 Å². The van der Waals surface area contributed by atoms with Gasteiger partial charge in [-0.1, -0.05) is 0 Å². The number of carbonyl (C=O) groups is 4. The summed E-state index contributed by atoms with van der Waals surface area (Å²) >= 11 is 0. The van der Waals surface area contributed by atoms with Gasteiger partial charge in [-0.3, -0.25) is 4.79 Å². The van der Waals surface area contributed by atoms with Crippen molar-refractivity contribution in [2.75, 3.05) is 0 Å². The molecule has 2 rings (SSSR count). The highest BCUT2D eigenvalue weighted by atomic mass is 16.6. The van der Waals surface area contributed by atoms with Crippen LogP contribution in [0.15, 0.2) is 36.4 Å². The Bertz CT molecular complexity index is 1040. The summed E-state index contributed by atoms with van der Waals surface area (Å²) in [5, 5.41) is 66.3. The van der Waals surface area contributed by atoms with E-state index < -0.39 is 69.5 Å². The predicted molar refractivity (Wildman–Crippen MR) is 93.3 cm³/mol. The van der Waals surface area contributed by atoms with Gasteiger partial charge in [0.15, 0.2) is 23.0 Å². The number of carboxylic acids is 2. The molecule has 0 amide bonds. The summed E-state index contributed by atoms with van der Waals surface area (Å²) in [7, 11) is 0. The minimum Gasteiger partial charge on any atom is -0.504 e. The van der Waals surface area contributed by atoms with Crippen LogP contribution < -0.4 is 0 Å². The number of rotatable bonds is 7. The van der Waals surface area contributed by atoms with E-state index in [1.807, 2.05) is 0 Å². The lowest BCUT2D eigenvalue weighted by Gasteiger charge is -2.30. The van der Waals surface area contributed by atoms with Gasteiger partial charge in [-0.15, -0.1) is 0 Å². The minimum absolute atomic E-state index is 0.574. The first kappa shape index (κ1) is 22.0. The van der Waals surface area contributed by atoms with Crippen LogP contribution >= 0.6 is 0 Å². The van der Waals surface area contributed by atoms with Crippen LogP contribution in [0.2, 0.25) is 0 Å². The fourth-order valence-electron chi connectivity index (χ4n) is 2.39. The number of aliphatic hydroxyl groups excluding tert-OH is 1. The number of phenolic OH excluding ortho intramolecular Hbond substituents is 4. The van der Waals surface area contributed by atoms with Crippen LogP contribution in [0.1, 0.15) is 20.7 Å². The van der Waals surface area contributed by atoms with Crippen LogP contribution in [0.3, 0.4) is 0 Å². The van der Waals surface area contributed by atoms with Crippen LogP contribution in [0.25, 0.3) is 0 Å². The van der Waals surface area contributed by atoms with Gasteiger partial charge >= 0.3 is 23.5 Å². The first-order valence-corrected chi connectivity index (χ1v) is 7.88. The summed E-state index contributed by atoms with van der Waals surface area (Å²) in [6.45, 7) is 0. The van der Waals surface area contributed by atoms with Crippen molar-refractivity contribution in [3.8, 4) is 23.0 Å². The molecule has 12 nitrogen and oxygen atoms in total. The highest BCUT2D eigenvalue weighted by Crippen LogP contribution is 2.31. The zero-order valence-corrected chi connectivity index (χ0v) is 14.7. The Morgan fingerprint density at radius 2 is 1.23 bits per heavy atom. The van der Waals surface area contributed by atoms with Crippen molar-refractivity contribution in [3.05, 3.63) is 47.5 Å². The molecule has 0 radical (unpaired) electrons. The van der Waals surface area contributed by atoms with E-state index in [0.29, 0.717) is 12.1 Å². The lowest BCUT2D eigenvalue weighted by Crippen LogP contribution is -2.61. The number of Topliss-reactive ketones (excluding diaryl/α,β-unsaturated/α-hetero) is 1. The fraction of sp³-hybridized carbons (Fsp3) is 0.111. The number of aromatic hydroxyl groups is 4. The molecule has 158 valence electrons. The molecular weight excluding hydrogens is 408 g/mol. The zero-order chi connectivity index (χ0) is 22.8. The average molecular weight is 422 g/mol. The second-order valence-electron chi connectivity index (χ2n) is 5.91. The normalized spacial score (nSPS) is 13.6. The Hall–Kier alpha value is -4.32. The number of phenols is 4. The molecule has 0 aliphatic rings. The molecule has 7 N–H and O–H groups in total. The van der Waals surface area contributed by atoms with Gasteiger partial charge in [-0.2, -0.15) is 0 Å². The number of hydrogen-bond acceptors (Lipinski definition) is 10. The summed E-state index contributed by atoms with van der Waals surface area (Å²) in [4.78, 5) is 48.4. The Morgan fingerprint density at radius 1 is 0.767 bits per heavy atom. The second-order valence-corrected chi connectivity index (χ2v) is 5.91. The van der Waals surface area contributed by atoms with E-state index in [1.165, 1.54) is 0 Å². The highest BCUT2D eigenvalue weighted by molar-refractivity contribution is 6.19. The smallest absolute Gasteiger partial charge is 0.360 e. The van der Waals surface area contributed by atoms with Gasteiger partial charge in [0.05, 0.1) is 5.56 Å². The van der Waals surface area contributed by atoms with Crippen molar-refractivity contribution in [1.29, 1.82) is 0 Å². The van der Waals surface area contributed by atoms with Crippen molar-refractivity contribution in [1.82, 2.24) is 0 Å². The van der Waals surface area contributed by atoms with Crippen molar-refractivity contribution < 1.29 is 59.7 Å². The highest BCUT2D eigenvalue weighted by Gasteiger charge is 2.60. The van der Waals surface area contributed by atoms with Gasteiger partial charge in [0.2, 0.25) is 11.9 Å². The SMILES string of the molecule is O=C(O[C@](C(=O)O)(C(=O)c1ccc(O)c(O)c1)[C@@H](O)C(=O)O)c1ccc(O)c(O)c1. The van der Waals surface area contributed by atoms with Crippen molar-refractivity contribution in [2.24, 2.45) is 0 Å². The summed E-state index contributed by atoms with van der Waals surface area (Å²) in [5.74, 6) is -11.0. The first-order chi connectivity index (χ1) is 13.9. The number of ketones is 1. The van der Waals surface area contributed by atoms with Crippen LogP contribution in [0.5, 0.6) is 23.0 Å². The molecule has 2 aromatic rings. The first-order valence-electron chi connectivity index (χ1n) is 7.88. The number of aliphatic hydroxyl groups is 1. The van der Waals surface area contributed by atoms with Crippen molar-refractivity contribution in [2.45, 2.75) is 11.7 Å². The van der Waals surface area contributed by atoms with E-state index in [2.05, 4.69) is 4.74 Å². The quantitative estimate of drug-likeness (QED) is 0.134. The molecule has 30 heavy (non-hydrogen) atoms. The maximum atomic E-state index is 12.8. The molecule has 2 aromatic carbocycles. The topological polar surface area (TPSA) is 219 Å². The molecule has 0 fully saturated rings. The third-order valence-corrected chi connectivity index (χ3v) is 3.98. The number of benzene rings is 2. The zero-order valence-electron chi connectivity index (χ0n) is 14.7. The Kier molecular flexibility index (Phi) is 5.84. The van der Waals surface area contributed by atoms with Gasteiger partial charge in [0, 0.05) is 5.56 Å². The minimum atomic E-state index is -3.71. The number of aliphatic carboxylic acids is 2. The monoisotopic (exact) mass is 422 g/mol. The fourth-order valence-corrected chi connectivity index (χ4v) is 2.39. The summed E-state index contributed by atoms with van der Waals surface area (Å²) < 4.78 is 4.63. The molecule has 0 aromatic heterocycles. The number of ether oxygens (including phenoxy) is 1. The van der Waals surface area contributed by atoms with Crippen LogP contribution in [0, 0.1) is 0 Å². The molecule has 0 unspecified atom stereocenters. The number of carbonyl (C=O) groups excluding carboxylic acids is 2. The maximum Gasteiger partial charge on any atom is 0.360 e. The molecule has 0 saturated heterocycles. The second kappa shape index (κ2) is 7.97. The van der Waals surface area contributed by atoms with Crippen molar-refractivity contribution >= 4 is 23.7 Å². The molecule has 0 saturated carbocycles. The molecule has 0 heterocycles. The molecule has 2 atom stereocenters. The van der Waals surface area contributed by atoms with Gasteiger partial charge in [0.25, 0.3) is 0 Å². The van der Waals surface area contributed by atoms with E-state index in [1.54, 1.807) is 0 Å². The van der Waals surface area contributed by atoms with Crippen LogP contribution in [-0.2, 0) is 14.3 Å². The van der Waals surface area contributed by atoms with Crippen LogP contribution in [0.4, 0.5) is 0 Å². The lowest BCUT2D eigenvalue weighted by atomic mass is 9.86. The van der Waals surface area contributed by atoms with Crippen LogP contribution in [-0.4, -0.2) is 71.1 Å². The van der Waals surface area contributed by atoms with Gasteiger partial charge in [-0.05, 0) is 36.4 Å². The largest absolute Gasteiger partial charge is 0.504 e. The number of carboxylic acid groups (broad SMARTS) is 2. The predicted octanol–water partition coefficient (Wildman–Crippen LogP) is -0.182. The van der Waals surface area contributed by atoms with E-state index in [0.717, 1.165) is 24.3 Å². The summed E-state index contributed by atoms with van der Waals surface area (Å²) in [5.41, 5.74) is -5.01. The third kappa shape index (κ3) is 3.79. The number of hydrogen-bond donors (Lipinski definition) is 7. The van der Waals surface area contributed by atoms with E-state index in [4.69, 9.17) is 5.11 Å². The maximum absolute atomic E-state index is 12.8.